The Morgan fingerprint density at radius 2 is 1.71 bits per heavy atom. The first kappa shape index (κ1) is 14.3. The molecular weight excluding hydrogens is 210 g/mol. The standard InChI is InChI=1S/C14H29N3/c1-2-3-4-5-6-7-8-9-12-17-13-10-11-16-14(17)15/h2-13H2,1H3,(H2,15,16). The maximum absolute atomic E-state index is 5.85. The molecule has 0 aromatic rings. The van der Waals surface area contributed by atoms with E-state index in [0.717, 1.165) is 32.0 Å². The number of hydrogen-bond acceptors (Lipinski definition) is 3. The number of guanidine groups is 1. The lowest BCUT2D eigenvalue weighted by Gasteiger charge is -2.26. The summed E-state index contributed by atoms with van der Waals surface area (Å²) in [5.74, 6) is 0.763. The summed E-state index contributed by atoms with van der Waals surface area (Å²) in [6.45, 7) is 5.39. The van der Waals surface area contributed by atoms with Gasteiger partial charge in [0.05, 0.1) is 0 Å². The summed E-state index contributed by atoms with van der Waals surface area (Å²) < 4.78 is 0. The molecule has 0 radical (unpaired) electrons. The monoisotopic (exact) mass is 239 g/mol. The van der Waals surface area contributed by atoms with E-state index in [0.29, 0.717) is 0 Å². The molecular formula is C14H29N3. The van der Waals surface area contributed by atoms with Crippen molar-refractivity contribution in [1.29, 1.82) is 0 Å². The minimum Gasteiger partial charge on any atom is -0.370 e. The van der Waals surface area contributed by atoms with Crippen LogP contribution in [-0.4, -0.2) is 30.5 Å². The Bertz CT molecular complexity index is 214. The van der Waals surface area contributed by atoms with Crippen molar-refractivity contribution in [2.45, 2.75) is 64.7 Å². The Morgan fingerprint density at radius 3 is 2.35 bits per heavy atom. The van der Waals surface area contributed by atoms with Crippen molar-refractivity contribution in [2.24, 2.45) is 10.7 Å². The second kappa shape index (κ2) is 9.32. The summed E-state index contributed by atoms with van der Waals surface area (Å²) >= 11 is 0. The Kier molecular flexibility index (Phi) is 7.85. The molecule has 1 aliphatic rings. The Labute approximate surface area is 106 Å². The van der Waals surface area contributed by atoms with Gasteiger partial charge in [0.15, 0.2) is 5.96 Å². The van der Waals surface area contributed by atoms with Crippen LogP contribution in [0.4, 0.5) is 0 Å². The highest BCUT2D eigenvalue weighted by Gasteiger charge is 2.10. The smallest absolute Gasteiger partial charge is 0.191 e. The number of hydrogen-bond donors (Lipinski definition) is 1. The van der Waals surface area contributed by atoms with Crippen LogP contribution in [0, 0.1) is 0 Å². The van der Waals surface area contributed by atoms with E-state index in [2.05, 4.69) is 16.8 Å². The highest BCUT2D eigenvalue weighted by atomic mass is 15.3. The molecule has 3 heteroatoms. The quantitative estimate of drug-likeness (QED) is 0.628. The summed E-state index contributed by atoms with van der Waals surface area (Å²) in [5, 5.41) is 0. The maximum atomic E-state index is 5.85. The molecule has 0 aliphatic carbocycles. The van der Waals surface area contributed by atoms with Crippen LogP contribution in [0.3, 0.4) is 0 Å². The average molecular weight is 239 g/mol. The molecule has 17 heavy (non-hydrogen) atoms. The zero-order valence-electron chi connectivity index (χ0n) is 11.5. The van der Waals surface area contributed by atoms with E-state index in [9.17, 15) is 0 Å². The van der Waals surface area contributed by atoms with Gasteiger partial charge in [-0.2, -0.15) is 0 Å². The summed E-state index contributed by atoms with van der Waals surface area (Å²) in [6.07, 6.45) is 12.1. The van der Waals surface area contributed by atoms with Gasteiger partial charge < -0.3 is 10.6 Å². The summed E-state index contributed by atoms with van der Waals surface area (Å²) in [6, 6.07) is 0. The van der Waals surface area contributed by atoms with Crippen molar-refractivity contribution in [3.8, 4) is 0 Å². The second-order valence-corrected chi connectivity index (χ2v) is 5.06. The van der Waals surface area contributed by atoms with Crippen molar-refractivity contribution in [3.63, 3.8) is 0 Å². The largest absolute Gasteiger partial charge is 0.370 e. The molecule has 0 aromatic carbocycles. The van der Waals surface area contributed by atoms with Gasteiger partial charge in [-0.1, -0.05) is 51.9 Å². The van der Waals surface area contributed by atoms with Crippen LogP contribution in [0.2, 0.25) is 0 Å². The molecule has 2 N–H and O–H groups in total. The third kappa shape index (κ3) is 6.54. The molecule has 0 saturated heterocycles. The molecule has 0 spiro atoms. The molecule has 0 unspecified atom stereocenters. The summed E-state index contributed by atoms with van der Waals surface area (Å²) in [7, 11) is 0. The molecule has 0 fully saturated rings. The Morgan fingerprint density at radius 1 is 1.06 bits per heavy atom. The zero-order valence-corrected chi connectivity index (χ0v) is 11.5. The highest BCUT2D eigenvalue weighted by Crippen LogP contribution is 2.09. The number of nitrogens with two attached hydrogens (primary N) is 1. The number of unbranched alkanes of at least 4 members (excludes halogenated alkanes) is 7. The van der Waals surface area contributed by atoms with Crippen LogP contribution in [0.1, 0.15) is 64.7 Å². The molecule has 0 aromatic heterocycles. The first-order valence-electron chi connectivity index (χ1n) is 7.39. The van der Waals surface area contributed by atoms with Gasteiger partial charge in [0.25, 0.3) is 0 Å². The number of rotatable bonds is 9. The minimum absolute atomic E-state index is 0.763. The SMILES string of the molecule is CCCCCCCCCCN1CCCN=C1N. The first-order valence-corrected chi connectivity index (χ1v) is 7.39. The van der Waals surface area contributed by atoms with E-state index in [4.69, 9.17) is 5.73 Å². The van der Waals surface area contributed by atoms with Gasteiger partial charge in [0.1, 0.15) is 0 Å². The van der Waals surface area contributed by atoms with Gasteiger partial charge in [-0.3, -0.25) is 4.99 Å². The van der Waals surface area contributed by atoms with Gasteiger partial charge in [-0.05, 0) is 12.8 Å². The molecule has 3 nitrogen and oxygen atoms in total. The predicted octanol–water partition coefficient (Wildman–Crippen LogP) is 3.15. The Hall–Kier alpha value is -0.730. The van der Waals surface area contributed by atoms with Crippen molar-refractivity contribution in [3.05, 3.63) is 0 Å². The van der Waals surface area contributed by atoms with Gasteiger partial charge in [-0.15, -0.1) is 0 Å². The minimum atomic E-state index is 0.763. The normalized spacial score (nSPS) is 16.1. The third-order valence-electron chi connectivity index (χ3n) is 3.47. The van der Waals surface area contributed by atoms with E-state index in [-0.39, 0.29) is 0 Å². The van der Waals surface area contributed by atoms with Crippen LogP contribution >= 0.6 is 0 Å². The lowest BCUT2D eigenvalue weighted by atomic mass is 10.1. The van der Waals surface area contributed by atoms with E-state index in [1.54, 1.807) is 0 Å². The van der Waals surface area contributed by atoms with E-state index in [1.165, 1.54) is 51.4 Å². The molecule has 0 amide bonds. The van der Waals surface area contributed by atoms with Crippen molar-refractivity contribution >= 4 is 5.96 Å². The maximum Gasteiger partial charge on any atom is 0.191 e. The van der Waals surface area contributed by atoms with Crippen molar-refractivity contribution < 1.29 is 0 Å². The lowest BCUT2D eigenvalue weighted by molar-refractivity contribution is 0.375. The number of aliphatic imine (C=N–C) groups is 1. The number of nitrogens with zero attached hydrogens (tertiary/aromatic N) is 2. The molecule has 1 aliphatic heterocycles. The second-order valence-electron chi connectivity index (χ2n) is 5.06. The lowest BCUT2D eigenvalue weighted by Crippen LogP contribution is -2.41. The van der Waals surface area contributed by atoms with Crippen LogP contribution in [0.15, 0.2) is 4.99 Å². The summed E-state index contributed by atoms with van der Waals surface area (Å²) in [4.78, 5) is 6.52. The van der Waals surface area contributed by atoms with Gasteiger partial charge in [0.2, 0.25) is 0 Å². The van der Waals surface area contributed by atoms with Gasteiger partial charge in [-0.25, -0.2) is 0 Å². The predicted molar refractivity (Wildman–Crippen MR) is 75.3 cm³/mol. The zero-order chi connectivity index (χ0) is 12.3. The molecule has 1 rings (SSSR count). The fourth-order valence-electron chi connectivity index (χ4n) is 2.33. The van der Waals surface area contributed by atoms with E-state index >= 15 is 0 Å². The van der Waals surface area contributed by atoms with E-state index in [1.807, 2.05) is 0 Å². The molecule has 1 heterocycles. The Balaban J connectivity index is 1.90. The average Bonchev–Trinajstić information content (AvgIpc) is 2.35. The van der Waals surface area contributed by atoms with Crippen LogP contribution in [-0.2, 0) is 0 Å². The van der Waals surface area contributed by atoms with Crippen LogP contribution in [0.5, 0.6) is 0 Å². The van der Waals surface area contributed by atoms with Crippen LogP contribution in [0.25, 0.3) is 0 Å². The van der Waals surface area contributed by atoms with Gasteiger partial charge >= 0.3 is 0 Å². The first-order chi connectivity index (χ1) is 8.34. The van der Waals surface area contributed by atoms with Crippen molar-refractivity contribution in [1.82, 2.24) is 4.90 Å². The third-order valence-corrected chi connectivity index (χ3v) is 3.47. The van der Waals surface area contributed by atoms with Crippen LogP contribution < -0.4 is 5.73 Å². The fourth-order valence-corrected chi connectivity index (χ4v) is 2.33. The topological polar surface area (TPSA) is 41.6 Å². The molecule has 0 bridgehead atoms. The molecule has 100 valence electrons. The summed E-state index contributed by atoms with van der Waals surface area (Å²) in [5.41, 5.74) is 5.85. The molecule has 0 saturated carbocycles. The fraction of sp³-hybridized carbons (Fsp3) is 0.929. The van der Waals surface area contributed by atoms with Crippen molar-refractivity contribution in [2.75, 3.05) is 19.6 Å². The molecule has 0 atom stereocenters. The highest BCUT2D eigenvalue weighted by molar-refractivity contribution is 5.78. The van der Waals surface area contributed by atoms with Gasteiger partial charge in [0, 0.05) is 19.6 Å². The van der Waals surface area contributed by atoms with E-state index < -0.39 is 0 Å².